The molecule has 1 aromatic carbocycles. The van der Waals surface area contributed by atoms with E-state index in [2.05, 4.69) is 58.5 Å². The number of benzene rings is 1. The summed E-state index contributed by atoms with van der Waals surface area (Å²) in [6.07, 6.45) is 4.93. The van der Waals surface area contributed by atoms with Crippen molar-refractivity contribution >= 4 is 17.5 Å². The van der Waals surface area contributed by atoms with Gasteiger partial charge in [-0.1, -0.05) is 64.1 Å². The van der Waals surface area contributed by atoms with Crippen molar-refractivity contribution in [1.29, 1.82) is 0 Å². The highest BCUT2D eigenvalue weighted by atomic mass is 32.2. The molecule has 0 N–H and O–H groups in total. The van der Waals surface area contributed by atoms with Gasteiger partial charge >= 0.3 is 0 Å². The summed E-state index contributed by atoms with van der Waals surface area (Å²) < 4.78 is 0. The zero-order valence-corrected chi connectivity index (χ0v) is 16.1. The van der Waals surface area contributed by atoms with Crippen molar-refractivity contribution in [2.75, 3.05) is 5.75 Å². The van der Waals surface area contributed by atoms with Crippen LogP contribution < -0.4 is 0 Å². The van der Waals surface area contributed by atoms with Crippen molar-refractivity contribution in [3.63, 3.8) is 0 Å². The maximum atomic E-state index is 11.9. The minimum atomic E-state index is 0.199. The van der Waals surface area contributed by atoms with Crippen LogP contribution in [0.5, 0.6) is 0 Å². The summed E-state index contributed by atoms with van der Waals surface area (Å²) in [4.78, 5) is 11.9. The molecule has 0 fully saturated rings. The molecule has 0 saturated carbocycles. The van der Waals surface area contributed by atoms with Gasteiger partial charge in [-0.15, -0.1) is 11.8 Å². The van der Waals surface area contributed by atoms with E-state index in [1.54, 1.807) is 11.8 Å². The average Bonchev–Trinajstić information content (AvgIpc) is 2.51. The molecule has 0 spiro atoms. The second-order valence-corrected chi connectivity index (χ2v) is 8.27. The highest BCUT2D eigenvalue weighted by Crippen LogP contribution is 2.23. The van der Waals surface area contributed by atoms with Crippen LogP contribution in [0.3, 0.4) is 0 Å². The molecule has 2 heteroatoms. The van der Waals surface area contributed by atoms with Crippen LogP contribution in [0.1, 0.15) is 70.9 Å². The summed E-state index contributed by atoms with van der Waals surface area (Å²) in [6, 6.07) is 8.79. The highest BCUT2D eigenvalue weighted by molar-refractivity contribution is 7.99. The molecular formula is C21H32OS. The SMILES string of the molecule is C=C(CC)CCCCC(=O)CSCc1ccc(C(C)(C)C)cc1. The van der Waals surface area contributed by atoms with Crippen LogP contribution in [0.2, 0.25) is 0 Å². The third-order valence-electron chi connectivity index (χ3n) is 4.09. The molecule has 0 heterocycles. The first-order valence-electron chi connectivity index (χ1n) is 8.68. The summed E-state index contributed by atoms with van der Waals surface area (Å²) in [5.74, 6) is 1.93. The number of rotatable bonds is 10. The van der Waals surface area contributed by atoms with Crippen LogP contribution >= 0.6 is 11.8 Å². The van der Waals surface area contributed by atoms with Gasteiger partial charge in [-0.2, -0.15) is 0 Å². The lowest BCUT2D eigenvalue weighted by Crippen LogP contribution is -2.10. The summed E-state index contributed by atoms with van der Waals surface area (Å²) in [7, 11) is 0. The van der Waals surface area contributed by atoms with E-state index in [0.717, 1.165) is 31.4 Å². The first-order chi connectivity index (χ1) is 10.8. The lowest BCUT2D eigenvalue weighted by atomic mass is 9.87. The quantitative estimate of drug-likeness (QED) is 0.369. The van der Waals surface area contributed by atoms with E-state index in [9.17, 15) is 4.79 Å². The van der Waals surface area contributed by atoms with Crippen LogP contribution in [0.15, 0.2) is 36.4 Å². The Morgan fingerprint density at radius 3 is 2.26 bits per heavy atom. The molecule has 1 aromatic rings. The number of carbonyl (C=O) groups excluding carboxylic acids is 1. The number of hydrogen-bond acceptors (Lipinski definition) is 2. The maximum absolute atomic E-state index is 11.9. The lowest BCUT2D eigenvalue weighted by Gasteiger charge is -2.19. The fourth-order valence-corrected chi connectivity index (χ4v) is 3.23. The van der Waals surface area contributed by atoms with E-state index in [4.69, 9.17) is 0 Å². The third-order valence-corrected chi connectivity index (χ3v) is 5.15. The predicted octanol–water partition coefficient (Wildman–Crippen LogP) is 6.31. The van der Waals surface area contributed by atoms with Crippen molar-refractivity contribution in [1.82, 2.24) is 0 Å². The zero-order chi connectivity index (χ0) is 17.3. The first kappa shape index (κ1) is 20.0. The number of Topliss-reactive ketones (excluding diaryl/α,β-unsaturated/α-hetero) is 1. The van der Waals surface area contributed by atoms with Gasteiger partial charge in [0, 0.05) is 12.2 Å². The standard InChI is InChI=1S/C21H32OS/c1-6-17(2)9-7-8-10-20(22)16-23-15-18-11-13-19(14-12-18)21(3,4)5/h11-14H,2,6-10,15-16H2,1,3-5H3. The molecule has 0 aliphatic heterocycles. The van der Waals surface area contributed by atoms with Crippen LogP contribution in [0.25, 0.3) is 0 Å². The van der Waals surface area contributed by atoms with Gasteiger partial charge in [-0.05, 0) is 42.2 Å². The van der Waals surface area contributed by atoms with Gasteiger partial charge < -0.3 is 0 Å². The third kappa shape index (κ3) is 8.41. The molecular weight excluding hydrogens is 300 g/mol. The molecule has 0 atom stereocenters. The molecule has 0 radical (unpaired) electrons. The molecule has 1 nitrogen and oxygen atoms in total. The minimum absolute atomic E-state index is 0.199. The number of allylic oxidation sites excluding steroid dienone is 1. The van der Waals surface area contributed by atoms with Gasteiger partial charge in [0.1, 0.15) is 5.78 Å². The summed E-state index contributed by atoms with van der Waals surface area (Å²) in [6.45, 7) is 12.8. The van der Waals surface area contributed by atoms with E-state index in [-0.39, 0.29) is 5.41 Å². The molecule has 0 bridgehead atoms. The molecule has 0 aliphatic rings. The zero-order valence-electron chi connectivity index (χ0n) is 15.3. The van der Waals surface area contributed by atoms with Crippen molar-refractivity contribution in [2.24, 2.45) is 0 Å². The summed E-state index contributed by atoms with van der Waals surface area (Å²) in [5, 5.41) is 0. The Kier molecular flexibility index (Phi) is 8.68. The Labute approximate surface area is 147 Å². The topological polar surface area (TPSA) is 17.1 Å². The molecule has 0 saturated heterocycles. The normalized spacial score (nSPS) is 11.5. The van der Waals surface area contributed by atoms with Crippen molar-refractivity contribution < 1.29 is 4.79 Å². The number of ketones is 1. The Bertz CT molecular complexity index is 494. The van der Waals surface area contributed by atoms with Crippen LogP contribution in [0.4, 0.5) is 0 Å². The van der Waals surface area contributed by atoms with Crippen LogP contribution in [-0.4, -0.2) is 11.5 Å². The van der Waals surface area contributed by atoms with Gasteiger partial charge in [-0.25, -0.2) is 0 Å². The van der Waals surface area contributed by atoms with Crippen LogP contribution in [0, 0.1) is 0 Å². The first-order valence-corrected chi connectivity index (χ1v) is 9.84. The fourth-order valence-electron chi connectivity index (χ4n) is 2.33. The van der Waals surface area contributed by atoms with E-state index < -0.39 is 0 Å². The molecule has 128 valence electrons. The molecule has 23 heavy (non-hydrogen) atoms. The average molecular weight is 333 g/mol. The second-order valence-electron chi connectivity index (χ2n) is 7.29. The van der Waals surface area contributed by atoms with Gasteiger partial charge in [-0.3, -0.25) is 4.79 Å². The number of hydrogen-bond donors (Lipinski definition) is 0. The molecule has 1 rings (SSSR count). The largest absolute Gasteiger partial charge is 0.299 e. The summed E-state index contributed by atoms with van der Waals surface area (Å²) in [5.41, 5.74) is 4.15. The highest BCUT2D eigenvalue weighted by Gasteiger charge is 2.12. The van der Waals surface area contributed by atoms with E-state index >= 15 is 0 Å². The van der Waals surface area contributed by atoms with Crippen LogP contribution in [-0.2, 0) is 16.0 Å². The van der Waals surface area contributed by atoms with Gasteiger partial charge in [0.2, 0.25) is 0 Å². The fraction of sp³-hybridized carbons (Fsp3) is 0.571. The Morgan fingerprint density at radius 1 is 1.09 bits per heavy atom. The monoisotopic (exact) mass is 332 g/mol. The molecule has 0 aromatic heterocycles. The van der Waals surface area contributed by atoms with E-state index in [1.165, 1.54) is 16.7 Å². The Morgan fingerprint density at radius 2 is 1.70 bits per heavy atom. The van der Waals surface area contributed by atoms with Crippen molar-refractivity contribution in [3.8, 4) is 0 Å². The molecule has 0 aliphatic carbocycles. The Balaban J connectivity index is 2.21. The van der Waals surface area contributed by atoms with Gasteiger partial charge in [0.25, 0.3) is 0 Å². The van der Waals surface area contributed by atoms with E-state index in [0.29, 0.717) is 18.0 Å². The predicted molar refractivity (Wildman–Crippen MR) is 104 cm³/mol. The second kappa shape index (κ2) is 9.97. The number of carbonyl (C=O) groups is 1. The smallest absolute Gasteiger partial charge is 0.142 e. The lowest BCUT2D eigenvalue weighted by molar-refractivity contribution is -0.116. The molecule has 0 amide bonds. The van der Waals surface area contributed by atoms with Crippen molar-refractivity contribution in [3.05, 3.63) is 47.5 Å². The Hall–Kier alpha value is -1.02. The minimum Gasteiger partial charge on any atom is -0.299 e. The van der Waals surface area contributed by atoms with Crippen molar-refractivity contribution in [2.45, 2.75) is 71.0 Å². The van der Waals surface area contributed by atoms with E-state index in [1.807, 2.05) is 0 Å². The molecule has 0 unspecified atom stereocenters. The summed E-state index contributed by atoms with van der Waals surface area (Å²) >= 11 is 1.73. The number of thioether (sulfide) groups is 1. The maximum Gasteiger partial charge on any atom is 0.142 e. The number of unbranched alkanes of at least 4 members (excludes halogenated alkanes) is 1. The van der Waals surface area contributed by atoms with Gasteiger partial charge in [0.15, 0.2) is 0 Å². The van der Waals surface area contributed by atoms with Gasteiger partial charge in [0.05, 0.1) is 5.75 Å².